The number of carbonyl (C=O) groups excluding carboxylic acids is 1. The van der Waals surface area contributed by atoms with E-state index in [1.165, 1.54) is 12.0 Å². The van der Waals surface area contributed by atoms with E-state index in [0.717, 1.165) is 44.6 Å². The number of piperidine rings is 1. The van der Waals surface area contributed by atoms with Gasteiger partial charge in [-0.3, -0.25) is 4.79 Å². The van der Waals surface area contributed by atoms with Gasteiger partial charge in [0.15, 0.2) is 0 Å². The van der Waals surface area contributed by atoms with Crippen molar-refractivity contribution >= 4 is 18.3 Å². The van der Waals surface area contributed by atoms with Crippen molar-refractivity contribution in [3.05, 3.63) is 35.4 Å². The highest BCUT2D eigenvalue weighted by Crippen LogP contribution is 2.38. The van der Waals surface area contributed by atoms with Gasteiger partial charge in [-0.05, 0) is 57.6 Å². The molecule has 0 atom stereocenters. The van der Waals surface area contributed by atoms with Crippen LogP contribution in [0.15, 0.2) is 24.3 Å². The summed E-state index contributed by atoms with van der Waals surface area (Å²) in [6.45, 7) is 10.3. The monoisotopic (exact) mass is 336 g/mol. The summed E-state index contributed by atoms with van der Waals surface area (Å²) in [6, 6.07) is 8.39. The zero-order valence-corrected chi connectivity index (χ0v) is 15.3. The minimum Gasteiger partial charge on any atom is -0.342 e. The van der Waals surface area contributed by atoms with Gasteiger partial charge in [0, 0.05) is 19.6 Å². The highest BCUT2D eigenvalue weighted by Gasteiger charge is 2.41. The summed E-state index contributed by atoms with van der Waals surface area (Å²) < 4.78 is 0. The van der Waals surface area contributed by atoms with Gasteiger partial charge < -0.3 is 10.2 Å². The molecule has 1 spiro atoms. The van der Waals surface area contributed by atoms with E-state index in [-0.39, 0.29) is 18.3 Å². The van der Waals surface area contributed by atoms with Crippen LogP contribution >= 0.6 is 12.4 Å². The maximum atomic E-state index is 13.0. The fourth-order valence-electron chi connectivity index (χ4n) is 3.90. The summed E-state index contributed by atoms with van der Waals surface area (Å²) in [5.74, 6) is 0.275. The third-order valence-corrected chi connectivity index (χ3v) is 5.75. The van der Waals surface area contributed by atoms with Crippen LogP contribution in [0, 0.1) is 12.3 Å². The van der Waals surface area contributed by atoms with E-state index in [0.29, 0.717) is 5.41 Å². The molecule has 1 N–H and O–H groups in total. The third-order valence-electron chi connectivity index (χ3n) is 5.75. The van der Waals surface area contributed by atoms with E-state index < -0.39 is 5.41 Å². The van der Waals surface area contributed by atoms with Gasteiger partial charge in [0.05, 0.1) is 5.41 Å². The summed E-state index contributed by atoms with van der Waals surface area (Å²) in [5, 5.41) is 3.48. The highest BCUT2D eigenvalue weighted by molar-refractivity contribution is 5.87. The molecule has 128 valence electrons. The van der Waals surface area contributed by atoms with E-state index in [1.807, 2.05) is 0 Å². The molecular weight excluding hydrogens is 308 g/mol. The quantitative estimate of drug-likeness (QED) is 0.898. The first kappa shape index (κ1) is 18.3. The van der Waals surface area contributed by atoms with E-state index in [4.69, 9.17) is 0 Å². The molecule has 1 aromatic rings. The minimum absolute atomic E-state index is 0. The fraction of sp³-hybridized carbons (Fsp3) is 0.632. The number of likely N-dealkylation sites (tertiary alicyclic amines) is 1. The van der Waals surface area contributed by atoms with Crippen LogP contribution in [-0.2, 0) is 10.2 Å². The predicted molar refractivity (Wildman–Crippen MR) is 97.2 cm³/mol. The fourth-order valence-corrected chi connectivity index (χ4v) is 3.90. The molecule has 23 heavy (non-hydrogen) atoms. The van der Waals surface area contributed by atoms with Crippen molar-refractivity contribution in [3.8, 4) is 0 Å². The van der Waals surface area contributed by atoms with E-state index in [9.17, 15) is 4.79 Å². The zero-order valence-electron chi connectivity index (χ0n) is 14.5. The normalized spacial score (nSPS) is 20.4. The molecule has 0 bridgehead atoms. The molecular formula is C19H29ClN2O. The molecule has 1 aromatic carbocycles. The molecule has 3 nitrogen and oxygen atoms in total. The Kier molecular flexibility index (Phi) is 5.42. The van der Waals surface area contributed by atoms with Gasteiger partial charge in [-0.1, -0.05) is 29.8 Å². The highest BCUT2D eigenvalue weighted by atomic mass is 35.5. The van der Waals surface area contributed by atoms with Crippen LogP contribution < -0.4 is 5.32 Å². The van der Waals surface area contributed by atoms with Crippen LogP contribution in [0.3, 0.4) is 0 Å². The van der Waals surface area contributed by atoms with Gasteiger partial charge >= 0.3 is 0 Å². The molecule has 3 rings (SSSR count). The number of rotatable bonds is 2. The summed E-state index contributed by atoms with van der Waals surface area (Å²) in [5.41, 5.74) is 2.38. The lowest BCUT2D eigenvalue weighted by Crippen LogP contribution is -2.49. The topological polar surface area (TPSA) is 32.3 Å². The van der Waals surface area contributed by atoms with Crippen molar-refractivity contribution in [2.75, 3.05) is 26.2 Å². The van der Waals surface area contributed by atoms with E-state index in [2.05, 4.69) is 55.3 Å². The van der Waals surface area contributed by atoms with Crippen molar-refractivity contribution < 1.29 is 4.79 Å². The Morgan fingerprint density at radius 1 is 1.13 bits per heavy atom. The first-order valence-corrected chi connectivity index (χ1v) is 8.50. The van der Waals surface area contributed by atoms with Gasteiger partial charge in [-0.2, -0.15) is 0 Å². The molecule has 0 aliphatic carbocycles. The Morgan fingerprint density at radius 3 is 2.26 bits per heavy atom. The van der Waals surface area contributed by atoms with Crippen LogP contribution in [0.4, 0.5) is 0 Å². The molecule has 2 heterocycles. The Bertz CT molecular complexity index is 537. The second-order valence-electron chi connectivity index (χ2n) is 7.71. The number of benzene rings is 1. The Balaban J connectivity index is 0.00000192. The number of nitrogens with zero attached hydrogens (tertiary/aromatic N) is 1. The first-order valence-electron chi connectivity index (χ1n) is 8.50. The molecule has 4 heteroatoms. The lowest BCUT2D eigenvalue weighted by molar-refractivity contribution is -0.138. The summed E-state index contributed by atoms with van der Waals surface area (Å²) in [7, 11) is 0. The maximum Gasteiger partial charge on any atom is 0.232 e. The number of hydrogen-bond donors (Lipinski definition) is 1. The van der Waals surface area contributed by atoms with Crippen LogP contribution in [-0.4, -0.2) is 37.0 Å². The number of aryl methyl sites for hydroxylation is 1. The number of nitrogens with one attached hydrogen (secondary N) is 1. The molecule has 0 aromatic heterocycles. The maximum absolute atomic E-state index is 13.0. The predicted octanol–water partition coefficient (Wildman–Crippen LogP) is 3.30. The summed E-state index contributed by atoms with van der Waals surface area (Å²) in [4.78, 5) is 15.1. The molecule has 1 amide bonds. The van der Waals surface area contributed by atoms with Crippen LogP contribution in [0.5, 0.6) is 0 Å². The van der Waals surface area contributed by atoms with Gasteiger partial charge in [0.25, 0.3) is 0 Å². The smallest absolute Gasteiger partial charge is 0.232 e. The third kappa shape index (κ3) is 3.56. The van der Waals surface area contributed by atoms with Gasteiger partial charge in [-0.25, -0.2) is 0 Å². The average molecular weight is 337 g/mol. The Hall–Kier alpha value is -1.06. The van der Waals surface area contributed by atoms with E-state index in [1.54, 1.807) is 0 Å². The molecule has 0 radical (unpaired) electrons. The molecule has 0 unspecified atom stereocenters. The summed E-state index contributed by atoms with van der Waals surface area (Å²) in [6.07, 6.45) is 3.57. The van der Waals surface area contributed by atoms with Crippen molar-refractivity contribution in [2.24, 2.45) is 5.41 Å². The van der Waals surface area contributed by atoms with Crippen LogP contribution in [0.1, 0.15) is 44.2 Å². The van der Waals surface area contributed by atoms with Gasteiger partial charge in [-0.15, -0.1) is 12.4 Å². The Morgan fingerprint density at radius 2 is 1.74 bits per heavy atom. The number of halogens is 1. The number of hydrogen-bond acceptors (Lipinski definition) is 2. The van der Waals surface area contributed by atoms with Crippen molar-refractivity contribution in [2.45, 2.75) is 45.4 Å². The average Bonchev–Trinajstić information content (AvgIpc) is 2.96. The zero-order chi connectivity index (χ0) is 15.8. The van der Waals surface area contributed by atoms with Crippen molar-refractivity contribution in [3.63, 3.8) is 0 Å². The SMILES string of the molecule is Cc1ccc(C(C)(C)C(=O)N2CCC3(CCNC3)CC2)cc1.Cl. The van der Waals surface area contributed by atoms with Crippen LogP contribution in [0.25, 0.3) is 0 Å². The second kappa shape index (κ2) is 6.82. The largest absolute Gasteiger partial charge is 0.342 e. The molecule has 2 aliphatic rings. The van der Waals surface area contributed by atoms with Gasteiger partial charge in [0.1, 0.15) is 0 Å². The van der Waals surface area contributed by atoms with Crippen LogP contribution in [0.2, 0.25) is 0 Å². The van der Waals surface area contributed by atoms with Crippen molar-refractivity contribution in [1.29, 1.82) is 0 Å². The summed E-state index contributed by atoms with van der Waals surface area (Å²) >= 11 is 0. The molecule has 2 fully saturated rings. The van der Waals surface area contributed by atoms with E-state index >= 15 is 0 Å². The lowest BCUT2D eigenvalue weighted by atomic mass is 9.76. The van der Waals surface area contributed by atoms with Gasteiger partial charge in [0.2, 0.25) is 5.91 Å². The minimum atomic E-state index is -0.438. The Labute approximate surface area is 146 Å². The lowest BCUT2D eigenvalue weighted by Gasteiger charge is -2.41. The molecule has 2 saturated heterocycles. The number of carbonyl (C=O) groups is 1. The first-order chi connectivity index (χ1) is 10.4. The molecule has 2 aliphatic heterocycles. The second-order valence-corrected chi connectivity index (χ2v) is 7.71. The van der Waals surface area contributed by atoms with Crippen molar-refractivity contribution in [1.82, 2.24) is 10.2 Å². The molecule has 0 saturated carbocycles. The standard InChI is InChI=1S/C19H28N2O.ClH/c1-15-4-6-16(7-5-15)18(2,3)17(22)21-12-9-19(10-13-21)8-11-20-14-19;/h4-7,20H,8-14H2,1-3H3;1H. The number of amides is 1.